The van der Waals surface area contributed by atoms with Gasteiger partial charge in [0.1, 0.15) is 5.82 Å². The molecule has 0 unspecified atom stereocenters. The fourth-order valence-electron chi connectivity index (χ4n) is 1.83. The zero-order valence-corrected chi connectivity index (χ0v) is 14.2. The monoisotopic (exact) mass is 459 g/mol. The van der Waals surface area contributed by atoms with E-state index in [9.17, 15) is 4.39 Å². The molecule has 0 radical (unpaired) electrons. The third-order valence-electron chi connectivity index (χ3n) is 2.84. The Kier molecular flexibility index (Phi) is 3.94. The van der Waals surface area contributed by atoms with E-state index < -0.39 is 0 Å². The van der Waals surface area contributed by atoms with Gasteiger partial charge in [-0.2, -0.15) is 4.98 Å². The third-order valence-corrected chi connectivity index (χ3v) is 4.17. The topological polar surface area (TPSA) is 64.9 Å². The summed E-state index contributed by atoms with van der Waals surface area (Å²) in [5.41, 5.74) is 7.82. The van der Waals surface area contributed by atoms with Crippen molar-refractivity contribution in [3.63, 3.8) is 0 Å². The highest BCUT2D eigenvalue weighted by molar-refractivity contribution is 14.1. The van der Waals surface area contributed by atoms with Crippen molar-refractivity contribution in [3.05, 3.63) is 50.3 Å². The van der Waals surface area contributed by atoms with E-state index in [-0.39, 0.29) is 5.82 Å². The Morgan fingerprint density at radius 2 is 1.95 bits per heavy atom. The molecule has 0 fully saturated rings. The van der Waals surface area contributed by atoms with E-state index in [0.29, 0.717) is 33.0 Å². The van der Waals surface area contributed by atoms with Crippen molar-refractivity contribution in [2.24, 2.45) is 0 Å². The van der Waals surface area contributed by atoms with Crippen molar-refractivity contribution < 1.29 is 8.91 Å². The van der Waals surface area contributed by atoms with Gasteiger partial charge in [-0.3, -0.25) is 0 Å². The molecule has 0 saturated carbocycles. The molecule has 1 aromatic heterocycles. The molecule has 4 nitrogen and oxygen atoms in total. The molecule has 0 atom stereocenters. The Hall–Kier alpha value is -1.48. The fourth-order valence-corrected chi connectivity index (χ4v) is 2.85. The number of nitrogens with zero attached hydrogens (tertiary/aromatic N) is 2. The van der Waals surface area contributed by atoms with Gasteiger partial charge in [0.15, 0.2) is 0 Å². The van der Waals surface area contributed by atoms with Gasteiger partial charge >= 0.3 is 0 Å². The Bertz CT molecular complexity index is 822. The van der Waals surface area contributed by atoms with Crippen LogP contribution in [0.2, 0.25) is 0 Å². The zero-order chi connectivity index (χ0) is 15.0. The van der Waals surface area contributed by atoms with Crippen LogP contribution in [0.5, 0.6) is 0 Å². The highest BCUT2D eigenvalue weighted by Gasteiger charge is 2.15. The summed E-state index contributed by atoms with van der Waals surface area (Å²) in [4.78, 5) is 4.33. The van der Waals surface area contributed by atoms with Crippen LogP contribution in [-0.4, -0.2) is 10.1 Å². The standard InChI is InChI=1S/C14H8BrFIN3O/c15-11-5-7(16)1-3-9(11)13-19-14(21-20-13)10-6-8(17)2-4-12(10)18/h1-6H,18H2. The number of benzene rings is 2. The molecule has 0 saturated heterocycles. The van der Waals surface area contributed by atoms with Gasteiger partial charge in [-0.1, -0.05) is 5.16 Å². The van der Waals surface area contributed by atoms with Crippen molar-refractivity contribution >= 4 is 44.2 Å². The second-order valence-corrected chi connectivity index (χ2v) is 6.38. The maximum atomic E-state index is 13.1. The van der Waals surface area contributed by atoms with Crippen LogP contribution >= 0.6 is 38.5 Å². The number of hydrogen-bond acceptors (Lipinski definition) is 4. The Labute approximate surface area is 141 Å². The van der Waals surface area contributed by atoms with E-state index in [1.165, 1.54) is 12.1 Å². The quantitative estimate of drug-likeness (QED) is 0.453. The Morgan fingerprint density at radius 1 is 1.14 bits per heavy atom. The van der Waals surface area contributed by atoms with Crippen molar-refractivity contribution in [1.82, 2.24) is 10.1 Å². The summed E-state index contributed by atoms with van der Waals surface area (Å²) in [5.74, 6) is 0.364. The number of hydrogen-bond donors (Lipinski definition) is 1. The van der Waals surface area contributed by atoms with Gasteiger partial charge in [0, 0.05) is 19.3 Å². The highest BCUT2D eigenvalue weighted by Crippen LogP contribution is 2.31. The van der Waals surface area contributed by atoms with Crippen molar-refractivity contribution in [2.75, 3.05) is 5.73 Å². The lowest BCUT2D eigenvalue weighted by molar-refractivity contribution is 0.432. The highest BCUT2D eigenvalue weighted by atomic mass is 127. The minimum absolute atomic E-state index is 0.331. The van der Waals surface area contributed by atoms with Gasteiger partial charge in [0.2, 0.25) is 5.82 Å². The van der Waals surface area contributed by atoms with Crippen molar-refractivity contribution in [3.8, 4) is 22.8 Å². The molecule has 0 bridgehead atoms. The fraction of sp³-hybridized carbons (Fsp3) is 0. The molecule has 3 aromatic rings. The van der Waals surface area contributed by atoms with E-state index >= 15 is 0 Å². The number of nitrogens with two attached hydrogens (primary N) is 1. The lowest BCUT2D eigenvalue weighted by atomic mass is 10.2. The minimum Gasteiger partial charge on any atom is -0.398 e. The zero-order valence-electron chi connectivity index (χ0n) is 10.5. The van der Waals surface area contributed by atoms with E-state index in [1.807, 2.05) is 12.1 Å². The molecule has 0 amide bonds. The first-order chi connectivity index (χ1) is 10.0. The van der Waals surface area contributed by atoms with Crippen molar-refractivity contribution in [2.45, 2.75) is 0 Å². The van der Waals surface area contributed by atoms with Crippen LogP contribution in [0.1, 0.15) is 0 Å². The summed E-state index contributed by atoms with van der Waals surface area (Å²) >= 11 is 5.47. The van der Waals surface area contributed by atoms with Crippen LogP contribution in [0.25, 0.3) is 22.8 Å². The molecule has 0 spiro atoms. The van der Waals surface area contributed by atoms with Gasteiger partial charge in [-0.15, -0.1) is 0 Å². The molecule has 21 heavy (non-hydrogen) atoms. The van der Waals surface area contributed by atoms with Crippen LogP contribution in [0.4, 0.5) is 10.1 Å². The summed E-state index contributed by atoms with van der Waals surface area (Å²) in [6, 6.07) is 9.84. The van der Waals surface area contributed by atoms with Crippen LogP contribution < -0.4 is 5.73 Å². The van der Waals surface area contributed by atoms with E-state index in [0.717, 1.165) is 3.57 Å². The number of rotatable bonds is 2. The van der Waals surface area contributed by atoms with E-state index in [2.05, 4.69) is 48.7 Å². The largest absolute Gasteiger partial charge is 0.398 e. The number of nitrogen functional groups attached to an aromatic ring is 1. The molecule has 0 aliphatic carbocycles. The molecular weight excluding hydrogens is 452 g/mol. The normalized spacial score (nSPS) is 10.8. The van der Waals surface area contributed by atoms with Gasteiger partial charge in [0.05, 0.1) is 5.56 Å². The second-order valence-electron chi connectivity index (χ2n) is 4.28. The first kappa shape index (κ1) is 14.5. The molecule has 106 valence electrons. The minimum atomic E-state index is -0.337. The second kappa shape index (κ2) is 5.72. The molecule has 1 heterocycles. The van der Waals surface area contributed by atoms with Crippen LogP contribution in [0.3, 0.4) is 0 Å². The molecular formula is C14H8BrFIN3O. The van der Waals surface area contributed by atoms with Crippen LogP contribution in [-0.2, 0) is 0 Å². The van der Waals surface area contributed by atoms with Crippen molar-refractivity contribution in [1.29, 1.82) is 0 Å². The smallest absolute Gasteiger partial charge is 0.260 e. The molecule has 0 aliphatic heterocycles. The summed E-state index contributed by atoms with van der Waals surface area (Å²) in [6.07, 6.45) is 0. The molecule has 2 N–H and O–H groups in total. The predicted molar refractivity (Wildman–Crippen MR) is 90.0 cm³/mol. The number of anilines is 1. The number of halogens is 3. The SMILES string of the molecule is Nc1ccc(I)cc1-c1nc(-c2ccc(F)cc2Br)no1. The number of aromatic nitrogens is 2. The summed E-state index contributed by atoms with van der Waals surface area (Å²) in [5, 5.41) is 3.93. The molecule has 2 aromatic carbocycles. The van der Waals surface area contributed by atoms with Gasteiger partial charge in [-0.05, 0) is 74.9 Å². The average molecular weight is 460 g/mol. The summed E-state index contributed by atoms with van der Waals surface area (Å²) < 4.78 is 20.0. The lowest BCUT2D eigenvalue weighted by Crippen LogP contribution is -1.91. The first-order valence-corrected chi connectivity index (χ1v) is 7.76. The average Bonchev–Trinajstić information content (AvgIpc) is 2.91. The maximum Gasteiger partial charge on any atom is 0.260 e. The van der Waals surface area contributed by atoms with Gasteiger partial charge in [0.25, 0.3) is 5.89 Å². The van der Waals surface area contributed by atoms with Gasteiger partial charge < -0.3 is 10.3 Å². The summed E-state index contributed by atoms with van der Waals surface area (Å²) in [7, 11) is 0. The predicted octanol–water partition coefficient (Wildman–Crippen LogP) is 4.49. The van der Waals surface area contributed by atoms with E-state index in [4.69, 9.17) is 10.3 Å². The summed E-state index contributed by atoms with van der Waals surface area (Å²) in [6.45, 7) is 0. The van der Waals surface area contributed by atoms with E-state index in [1.54, 1.807) is 12.1 Å². The molecule has 0 aliphatic rings. The van der Waals surface area contributed by atoms with Crippen LogP contribution in [0, 0.1) is 9.39 Å². The Balaban J connectivity index is 2.06. The maximum absolute atomic E-state index is 13.1. The third kappa shape index (κ3) is 2.93. The lowest BCUT2D eigenvalue weighted by Gasteiger charge is -2.00. The Morgan fingerprint density at radius 3 is 2.71 bits per heavy atom. The molecule has 3 rings (SSSR count). The molecule has 7 heteroatoms. The van der Waals surface area contributed by atoms with Gasteiger partial charge in [-0.25, -0.2) is 4.39 Å². The first-order valence-electron chi connectivity index (χ1n) is 5.89. The van der Waals surface area contributed by atoms with Crippen LogP contribution in [0.15, 0.2) is 45.4 Å².